The normalized spacial score (nSPS) is 13.3. The molecule has 0 saturated heterocycles. The molecule has 0 saturated carbocycles. The number of Topliss-reactive ketones (excluding diaryl/α,β-unsaturated/α-hetero) is 1. The van der Waals surface area contributed by atoms with Crippen LogP contribution in [0.4, 0.5) is 0 Å². The van der Waals surface area contributed by atoms with E-state index in [1.54, 1.807) is 10.9 Å². The van der Waals surface area contributed by atoms with Gasteiger partial charge in [0.25, 0.3) is 0 Å². The van der Waals surface area contributed by atoms with Gasteiger partial charge in [-0.25, -0.2) is 0 Å². The first kappa shape index (κ1) is 18.2. The van der Waals surface area contributed by atoms with Gasteiger partial charge in [0.05, 0.1) is 12.1 Å². The minimum Gasteiger partial charge on any atom is -0.351 e. The van der Waals surface area contributed by atoms with Gasteiger partial charge in [-0.3, -0.25) is 9.48 Å². The van der Waals surface area contributed by atoms with Crippen molar-refractivity contribution in [2.24, 2.45) is 0 Å². The molecule has 0 aliphatic rings. The summed E-state index contributed by atoms with van der Waals surface area (Å²) in [6.07, 6.45) is 4.87. The van der Waals surface area contributed by atoms with Gasteiger partial charge >= 0.3 is 0 Å². The van der Waals surface area contributed by atoms with Crippen LogP contribution < -0.4 is 5.32 Å². The first-order valence-corrected chi connectivity index (χ1v) is 8.39. The minimum atomic E-state index is -0.203. The van der Waals surface area contributed by atoms with Crippen molar-refractivity contribution in [3.05, 3.63) is 53.3 Å². The van der Waals surface area contributed by atoms with E-state index in [1.807, 2.05) is 43.5 Å². The maximum atomic E-state index is 12.1. The highest BCUT2D eigenvalue weighted by molar-refractivity contribution is 6.31. The van der Waals surface area contributed by atoms with E-state index >= 15 is 0 Å². The molecule has 0 bridgehead atoms. The molecule has 1 N–H and O–H groups in total. The van der Waals surface area contributed by atoms with Crippen molar-refractivity contribution >= 4 is 23.3 Å². The molecule has 1 aromatic carbocycles. The number of nitrogens with zero attached hydrogens (tertiary/aromatic N) is 2. The van der Waals surface area contributed by atoms with Gasteiger partial charge < -0.3 is 10.1 Å². The summed E-state index contributed by atoms with van der Waals surface area (Å²) in [6.45, 7) is 3.46. The fourth-order valence-electron chi connectivity index (χ4n) is 2.70. The third-order valence-corrected chi connectivity index (χ3v) is 4.17. The van der Waals surface area contributed by atoms with Crippen molar-refractivity contribution in [1.29, 1.82) is 0 Å². The third kappa shape index (κ3) is 4.93. The molecule has 2 atom stereocenters. The van der Waals surface area contributed by atoms with Crippen LogP contribution in [0, 0.1) is 0 Å². The average Bonchev–Trinajstić information content (AvgIpc) is 3.03. The summed E-state index contributed by atoms with van der Waals surface area (Å²) in [5.41, 5.74) is 0.902. The van der Waals surface area contributed by atoms with E-state index < -0.39 is 0 Å². The number of carbonyl (C=O) groups is 2. The molecule has 5 nitrogen and oxygen atoms in total. The van der Waals surface area contributed by atoms with Gasteiger partial charge in [-0.05, 0) is 38.0 Å². The third-order valence-electron chi connectivity index (χ3n) is 3.83. The fourth-order valence-corrected chi connectivity index (χ4v) is 2.95. The van der Waals surface area contributed by atoms with Gasteiger partial charge in [0.1, 0.15) is 5.78 Å². The van der Waals surface area contributed by atoms with Gasteiger partial charge in [0, 0.05) is 30.3 Å². The summed E-state index contributed by atoms with van der Waals surface area (Å²) in [7, 11) is 0. The molecular weight excluding hydrogens is 326 g/mol. The predicted octanol–water partition coefficient (Wildman–Crippen LogP) is 3.39. The Morgan fingerprint density at radius 2 is 2.00 bits per heavy atom. The van der Waals surface area contributed by atoms with Crippen molar-refractivity contribution in [3.63, 3.8) is 0 Å². The van der Waals surface area contributed by atoms with Crippen LogP contribution in [0.5, 0.6) is 0 Å². The van der Waals surface area contributed by atoms with E-state index in [0.29, 0.717) is 24.3 Å². The molecule has 2 aromatic rings. The quantitative estimate of drug-likeness (QED) is 0.796. The molecule has 0 fully saturated rings. The number of rotatable bonds is 8. The highest BCUT2D eigenvalue weighted by Crippen LogP contribution is 2.28. The van der Waals surface area contributed by atoms with E-state index in [0.717, 1.165) is 5.56 Å². The Morgan fingerprint density at radius 1 is 1.25 bits per heavy atom. The number of halogens is 1. The van der Waals surface area contributed by atoms with Gasteiger partial charge in [-0.1, -0.05) is 29.8 Å². The number of benzene rings is 1. The largest absolute Gasteiger partial charge is 0.351 e. The zero-order valence-corrected chi connectivity index (χ0v) is 14.7. The summed E-state index contributed by atoms with van der Waals surface area (Å²) >= 11 is 6.34. The smallest absolute Gasteiger partial charge is 0.220 e. The van der Waals surface area contributed by atoms with Crippen molar-refractivity contribution in [2.75, 3.05) is 0 Å². The minimum absolute atomic E-state index is 0.0760. The van der Waals surface area contributed by atoms with Crippen LogP contribution in [0.3, 0.4) is 0 Å². The molecule has 0 radical (unpaired) electrons. The summed E-state index contributed by atoms with van der Waals surface area (Å²) in [4.78, 5) is 23.1. The van der Waals surface area contributed by atoms with Crippen LogP contribution in [-0.2, 0) is 9.59 Å². The lowest BCUT2D eigenvalue weighted by molar-refractivity contribution is -0.122. The molecule has 1 amide bonds. The summed E-state index contributed by atoms with van der Waals surface area (Å²) in [5.74, 6) is 0.0225. The lowest BCUT2D eigenvalue weighted by Crippen LogP contribution is -2.40. The standard InChI is InChI=1S/C18H22ClN3O2/c1-13(23)7-5-10-17(24)21-14(2)18(22-12-6-11-20-22)15-8-3-4-9-16(15)19/h3-4,6,8-9,11-12,14,18H,5,7,10H2,1-2H3,(H,21,24). The molecular formula is C18H22ClN3O2. The van der Waals surface area contributed by atoms with Crippen LogP contribution in [0.25, 0.3) is 0 Å². The van der Waals surface area contributed by atoms with Crippen LogP contribution in [0.1, 0.15) is 44.7 Å². The van der Waals surface area contributed by atoms with Gasteiger partial charge in [0.15, 0.2) is 0 Å². The molecule has 0 aliphatic heterocycles. The Kier molecular flexibility index (Phi) is 6.55. The maximum Gasteiger partial charge on any atom is 0.220 e. The molecule has 1 aromatic heterocycles. The summed E-state index contributed by atoms with van der Waals surface area (Å²) in [5, 5.41) is 7.94. The Labute approximate surface area is 147 Å². The lowest BCUT2D eigenvalue weighted by atomic mass is 10.00. The Morgan fingerprint density at radius 3 is 2.62 bits per heavy atom. The van der Waals surface area contributed by atoms with Crippen LogP contribution in [0.2, 0.25) is 5.02 Å². The number of aromatic nitrogens is 2. The van der Waals surface area contributed by atoms with E-state index in [-0.39, 0.29) is 23.8 Å². The zero-order chi connectivity index (χ0) is 17.5. The van der Waals surface area contributed by atoms with E-state index in [2.05, 4.69) is 10.4 Å². The topological polar surface area (TPSA) is 64.0 Å². The highest BCUT2D eigenvalue weighted by Gasteiger charge is 2.25. The number of hydrogen-bond acceptors (Lipinski definition) is 3. The number of nitrogens with one attached hydrogen (secondary N) is 1. The molecule has 24 heavy (non-hydrogen) atoms. The van der Waals surface area contributed by atoms with Crippen LogP contribution in [-0.4, -0.2) is 27.5 Å². The first-order chi connectivity index (χ1) is 11.5. The molecule has 6 heteroatoms. The molecule has 2 unspecified atom stereocenters. The van der Waals surface area contributed by atoms with E-state index in [1.165, 1.54) is 6.92 Å². The van der Waals surface area contributed by atoms with Crippen molar-refractivity contribution in [3.8, 4) is 0 Å². The zero-order valence-electron chi connectivity index (χ0n) is 13.9. The SMILES string of the molecule is CC(=O)CCCC(=O)NC(C)C(c1ccccc1Cl)n1cccn1. The summed E-state index contributed by atoms with van der Waals surface area (Å²) < 4.78 is 1.79. The molecule has 0 aliphatic carbocycles. The molecule has 128 valence electrons. The van der Waals surface area contributed by atoms with E-state index in [9.17, 15) is 9.59 Å². The Bertz CT molecular complexity index is 685. The Hall–Kier alpha value is -2.14. The molecule has 0 spiro atoms. The lowest BCUT2D eigenvalue weighted by Gasteiger charge is -2.26. The highest BCUT2D eigenvalue weighted by atomic mass is 35.5. The van der Waals surface area contributed by atoms with Crippen LogP contribution >= 0.6 is 11.6 Å². The summed E-state index contributed by atoms with van der Waals surface area (Å²) in [6, 6.07) is 8.99. The predicted molar refractivity (Wildman–Crippen MR) is 94.0 cm³/mol. The second kappa shape index (κ2) is 8.64. The van der Waals surface area contributed by atoms with Crippen molar-refractivity contribution < 1.29 is 9.59 Å². The average molecular weight is 348 g/mol. The molecule has 1 heterocycles. The number of carbonyl (C=O) groups excluding carboxylic acids is 2. The number of hydrogen-bond donors (Lipinski definition) is 1. The van der Waals surface area contributed by atoms with Gasteiger partial charge in [0.2, 0.25) is 5.91 Å². The van der Waals surface area contributed by atoms with Gasteiger partial charge in [-0.2, -0.15) is 5.10 Å². The van der Waals surface area contributed by atoms with Crippen molar-refractivity contribution in [1.82, 2.24) is 15.1 Å². The number of ketones is 1. The van der Waals surface area contributed by atoms with Crippen LogP contribution in [0.15, 0.2) is 42.7 Å². The first-order valence-electron chi connectivity index (χ1n) is 8.01. The second-order valence-corrected chi connectivity index (χ2v) is 6.27. The van der Waals surface area contributed by atoms with E-state index in [4.69, 9.17) is 11.6 Å². The van der Waals surface area contributed by atoms with Crippen molar-refractivity contribution in [2.45, 2.75) is 45.2 Å². The maximum absolute atomic E-state index is 12.1. The number of amides is 1. The molecule has 2 rings (SSSR count). The Balaban J connectivity index is 2.12. The van der Waals surface area contributed by atoms with Gasteiger partial charge in [-0.15, -0.1) is 0 Å². The monoisotopic (exact) mass is 347 g/mol. The fraction of sp³-hybridized carbons (Fsp3) is 0.389. The second-order valence-electron chi connectivity index (χ2n) is 5.86.